The maximum absolute atomic E-state index is 13.1. The molecule has 0 aliphatic rings. The van der Waals surface area contributed by atoms with E-state index in [4.69, 9.17) is 11.6 Å². The number of aromatic nitrogens is 2. The predicted molar refractivity (Wildman–Crippen MR) is 104 cm³/mol. The van der Waals surface area contributed by atoms with Crippen molar-refractivity contribution in [3.63, 3.8) is 0 Å². The molecule has 3 heterocycles. The highest BCUT2D eigenvalue weighted by atomic mass is 35.5. The number of rotatable bonds is 4. The number of para-hydroxylation sites is 1. The second kappa shape index (κ2) is 6.92. The minimum Gasteiger partial charge on any atom is -0.277 e. The molecule has 0 N–H and O–H groups in total. The number of hydrogen-bond acceptors (Lipinski definition) is 5. The second-order valence-electron chi connectivity index (χ2n) is 5.28. The fraction of sp³-hybridized carbons (Fsp3) is 0.0556. The van der Waals surface area contributed by atoms with Crippen LogP contribution >= 0.6 is 34.3 Å². The average molecular weight is 386 g/mol. The summed E-state index contributed by atoms with van der Waals surface area (Å²) >= 11 is 8.76. The number of halogens is 1. The zero-order valence-electron chi connectivity index (χ0n) is 12.9. The molecule has 0 aliphatic heterocycles. The lowest BCUT2D eigenvalue weighted by molar-refractivity contribution is 0.0988. The summed E-state index contributed by atoms with van der Waals surface area (Å²) in [7, 11) is 0. The van der Waals surface area contributed by atoms with Gasteiger partial charge in [0.15, 0.2) is 5.13 Å². The fourth-order valence-electron chi connectivity index (χ4n) is 2.42. The summed E-state index contributed by atoms with van der Waals surface area (Å²) in [4.78, 5) is 24.3. The fourth-order valence-corrected chi connectivity index (χ4v) is 4.37. The lowest BCUT2D eigenvalue weighted by Crippen LogP contribution is -2.30. The van der Waals surface area contributed by atoms with Crippen LogP contribution in [0.25, 0.3) is 10.2 Å². The van der Waals surface area contributed by atoms with E-state index in [0.717, 1.165) is 15.9 Å². The summed E-state index contributed by atoms with van der Waals surface area (Å²) in [6.45, 7) is 0.356. The summed E-state index contributed by atoms with van der Waals surface area (Å²) in [5.41, 5.74) is 1.68. The zero-order chi connectivity index (χ0) is 17.2. The normalized spacial score (nSPS) is 10.9. The van der Waals surface area contributed by atoms with Gasteiger partial charge in [-0.3, -0.25) is 14.7 Å². The third-order valence-electron chi connectivity index (χ3n) is 3.59. The third-order valence-corrected chi connectivity index (χ3v) is 5.87. The van der Waals surface area contributed by atoms with Gasteiger partial charge in [-0.1, -0.05) is 41.1 Å². The third kappa shape index (κ3) is 3.42. The number of thiazole rings is 1. The van der Waals surface area contributed by atoms with Crippen molar-refractivity contribution in [1.82, 2.24) is 9.97 Å². The lowest BCUT2D eigenvalue weighted by Gasteiger charge is -2.18. The number of benzene rings is 1. The minimum atomic E-state index is -0.124. The van der Waals surface area contributed by atoms with Crippen LogP contribution in [0.2, 0.25) is 4.34 Å². The second-order valence-corrected chi connectivity index (χ2v) is 8.00. The number of fused-ring (bicyclic) bond motifs is 1. The molecule has 0 saturated heterocycles. The molecule has 0 radical (unpaired) electrons. The number of carbonyl (C=O) groups excluding carboxylic acids is 1. The summed E-state index contributed by atoms with van der Waals surface area (Å²) in [5, 5.41) is 0.654. The molecule has 0 saturated carbocycles. The van der Waals surface area contributed by atoms with Crippen LogP contribution in [0.1, 0.15) is 15.4 Å². The molecule has 0 spiro atoms. The first kappa shape index (κ1) is 16.2. The first-order valence-corrected chi connectivity index (χ1v) is 9.54. The van der Waals surface area contributed by atoms with Crippen LogP contribution in [0.3, 0.4) is 0 Å². The van der Waals surface area contributed by atoms with Gasteiger partial charge in [-0.2, -0.15) is 0 Å². The molecule has 1 amide bonds. The molecule has 0 atom stereocenters. The monoisotopic (exact) mass is 385 g/mol. The molecule has 3 aromatic heterocycles. The first-order valence-electron chi connectivity index (χ1n) is 7.53. The molecule has 4 nitrogen and oxygen atoms in total. The van der Waals surface area contributed by atoms with Crippen LogP contribution < -0.4 is 4.90 Å². The van der Waals surface area contributed by atoms with Gasteiger partial charge in [-0.25, -0.2) is 4.98 Å². The first-order chi connectivity index (χ1) is 12.2. The van der Waals surface area contributed by atoms with Gasteiger partial charge in [0.25, 0.3) is 5.91 Å². The maximum atomic E-state index is 13.1. The molecule has 0 fully saturated rings. The van der Waals surface area contributed by atoms with Crippen molar-refractivity contribution in [3.8, 4) is 0 Å². The van der Waals surface area contributed by atoms with Crippen molar-refractivity contribution in [1.29, 1.82) is 0 Å². The van der Waals surface area contributed by atoms with Gasteiger partial charge in [0.2, 0.25) is 0 Å². The Hall–Kier alpha value is -2.28. The molecular weight excluding hydrogens is 374 g/mol. The van der Waals surface area contributed by atoms with Crippen LogP contribution in [0.5, 0.6) is 0 Å². The van der Waals surface area contributed by atoms with E-state index in [1.54, 1.807) is 23.2 Å². The van der Waals surface area contributed by atoms with Crippen molar-refractivity contribution in [2.75, 3.05) is 4.90 Å². The number of carbonyl (C=O) groups is 1. The van der Waals surface area contributed by atoms with E-state index < -0.39 is 0 Å². The molecule has 7 heteroatoms. The quantitative estimate of drug-likeness (QED) is 0.481. The smallest absolute Gasteiger partial charge is 0.270 e. The Morgan fingerprint density at radius 3 is 2.60 bits per heavy atom. The van der Waals surface area contributed by atoms with Crippen molar-refractivity contribution >= 4 is 55.5 Å². The topological polar surface area (TPSA) is 46.1 Å². The minimum absolute atomic E-state index is 0.124. The molecule has 4 rings (SSSR count). The van der Waals surface area contributed by atoms with E-state index in [0.29, 0.717) is 20.9 Å². The van der Waals surface area contributed by atoms with Crippen LogP contribution in [0, 0.1) is 0 Å². The largest absolute Gasteiger partial charge is 0.277 e. The van der Waals surface area contributed by atoms with Gasteiger partial charge in [0, 0.05) is 6.20 Å². The van der Waals surface area contributed by atoms with Gasteiger partial charge in [0.1, 0.15) is 0 Å². The summed E-state index contributed by atoms with van der Waals surface area (Å²) in [6.07, 6.45) is 1.72. The Bertz CT molecular complexity index is 996. The van der Waals surface area contributed by atoms with Crippen LogP contribution in [0.15, 0.2) is 60.8 Å². The van der Waals surface area contributed by atoms with Crippen LogP contribution in [-0.4, -0.2) is 15.9 Å². The molecule has 124 valence electrons. The molecular formula is C18H12ClN3OS2. The van der Waals surface area contributed by atoms with Gasteiger partial charge < -0.3 is 0 Å². The van der Waals surface area contributed by atoms with E-state index in [2.05, 4.69) is 9.97 Å². The molecule has 0 aliphatic carbocycles. The number of thiophene rings is 1. The highest BCUT2D eigenvalue weighted by molar-refractivity contribution is 7.22. The van der Waals surface area contributed by atoms with Gasteiger partial charge in [0.05, 0.1) is 31.7 Å². The van der Waals surface area contributed by atoms with Crippen molar-refractivity contribution < 1.29 is 4.79 Å². The average Bonchev–Trinajstić information content (AvgIpc) is 3.26. The summed E-state index contributed by atoms with van der Waals surface area (Å²) < 4.78 is 1.63. The van der Waals surface area contributed by atoms with Gasteiger partial charge in [-0.15, -0.1) is 11.3 Å². The summed E-state index contributed by atoms with van der Waals surface area (Å²) in [5.74, 6) is -0.124. The van der Waals surface area contributed by atoms with Crippen molar-refractivity contribution in [2.45, 2.75) is 6.54 Å². The summed E-state index contributed by atoms with van der Waals surface area (Å²) in [6, 6.07) is 17.0. The number of anilines is 1. The Labute approximate surface area is 157 Å². The highest BCUT2D eigenvalue weighted by Gasteiger charge is 2.23. The molecule has 0 unspecified atom stereocenters. The van der Waals surface area contributed by atoms with E-state index in [-0.39, 0.29) is 5.91 Å². The molecule has 25 heavy (non-hydrogen) atoms. The van der Waals surface area contributed by atoms with Crippen LogP contribution in [0.4, 0.5) is 5.13 Å². The SMILES string of the molecule is O=C(c1ccc(Cl)s1)N(Cc1ccccn1)c1nc2ccccc2s1. The standard InChI is InChI=1S/C18H12ClN3OS2/c19-16-9-8-15(24-16)17(23)22(11-12-5-3-4-10-20-12)18-21-13-6-1-2-7-14(13)25-18/h1-10H,11H2. The highest BCUT2D eigenvalue weighted by Crippen LogP contribution is 2.32. The Morgan fingerprint density at radius 1 is 1.04 bits per heavy atom. The predicted octanol–water partition coefficient (Wildman–Crippen LogP) is 5.25. The molecule has 1 aromatic carbocycles. The lowest BCUT2D eigenvalue weighted by atomic mass is 10.3. The Kier molecular flexibility index (Phi) is 4.48. The zero-order valence-corrected chi connectivity index (χ0v) is 15.3. The number of pyridine rings is 1. The number of nitrogens with zero attached hydrogens (tertiary/aromatic N) is 3. The maximum Gasteiger partial charge on any atom is 0.270 e. The van der Waals surface area contributed by atoms with Crippen LogP contribution in [-0.2, 0) is 6.54 Å². The molecule has 0 bridgehead atoms. The van der Waals surface area contributed by atoms with Gasteiger partial charge >= 0.3 is 0 Å². The van der Waals surface area contributed by atoms with E-state index in [1.165, 1.54) is 22.7 Å². The van der Waals surface area contributed by atoms with Gasteiger partial charge in [-0.05, 0) is 36.4 Å². The molecule has 4 aromatic rings. The van der Waals surface area contributed by atoms with E-state index in [9.17, 15) is 4.79 Å². The van der Waals surface area contributed by atoms with Crippen molar-refractivity contribution in [2.24, 2.45) is 0 Å². The van der Waals surface area contributed by atoms with Crippen molar-refractivity contribution in [3.05, 3.63) is 75.7 Å². The number of hydrogen-bond donors (Lipinski definition) is 0. The Balaban J connectivity index is 1.75. The Morgan fingerprint density at radius 2 is 1.88 bits per heavy atom. The van der Waals surface area contributed by atoms with E-state index >= 15 is 0 Å². The number of amides is 1. The van der Waals surface area contributed by atoms with E-state index in [1.807, 2.05) is 42.5 Å².